The predicted molar refractivity (Wildman–Crippen MR) is 60.4 cm³/mol. The molecule has 0 unspecified atom stereocenters. The van der Waals surface area contributed by atoms with Gasteiger partial charge in [-0.2, -0.15) is 5.10 Å². The van der Waals surface area contributed by atoms with Gasteiger partial charge in [-0.05, 0) is 20.3 Å². The van der Waals surface area contributed by atoms with Gasteiger partial charge in [0.05, 0.1) is 11.1 Å². The number of rotatable bonds is 3. The van der Waals surface area contributed by atoms with Crippen LogP contribution in [0.4, 0.5) is 0 Å². The quantitative estimate of drug-likeness (QED) is 0.792. The van der Waals surface area contributed by atoms with E-state index in [0.717, 1.165) is 23.9 Å². The predicted octanol–water partition coefficient (Wildman–Crippen LogP) is 1.80. The summed E-state index contributed by atoms with van der Waals surface area (Å²) < 4.78 is 6.51. The van der Waals surface area contributed by atoms with E-state index in [1.54, 1.807) is 6.92 Å². The van der Waals surface area contributed by atoms with Crippen LogP contribution in [0, 0.1) is 13.8 Å². The smallest absolute Gasteiger partial charge is 0.296 e. The summed E-state index contributed by atoms with van der Waals surface area (Å²) in [4.78, 5) is 12.0. The van der Waals surface area contributed by atoms with Gasteiger partial charge in [-0.1, -0.05) is 18.5 Å². The van der Waals surface area contributed by atoms with Crippen molar-refractivity contribution in [1.82, 2.24) is 14.9 Å². The molecule has 2 rings (SSSR count). The maximum atomic E-state index is 12.0. The van der Waals surface area contributed by atoms with Crippen LogP contribution in [0.3, 0.4) is 0 Å². The van der Waals surface area contributed by atoms with Crippen molar-refractivity contribution in [3.63, 3.8) is 0 Å². The first-order valence-electron chi connectivity index (χ1n) is 5.48. The molecule has 5 nitrogen and oxygen atoms in total. The molecule has 2 heterocycles. The van der Waals surface area contributed by atoms with Gasteiger partial charge in [0.2, 0.25) is 0 Å². The number of aryl methyl sites for hydroxylation is 3. The monoisotopic (exact) mass is 221 g/mol. The standard InChI is InChI=1S/C11H15N3O2/c1-4-5-6-14-11(15)10-9(7(2)12-14)8(3)16-13-10/h4-6H2,1-3H3. The maximum Gasteiger partial charge on any atom is 0.296 e. The van der Waals surface area contributed by atoms with Gasteiger partial charge >= 0.3 is 0 Å². The van der Waals surface area contributed by atoms with E-state index in [1.807, 2.05) is 6.92 Å². The SMILES string of the molecule is CCCCn1nc(C)c2c(C)onc2c1=O. The fourth-order valence-corrected chi connectivity index (χ4v) is 1.80. The Morgan fingerprint density at radius 1 is 1.38 bits per heavy atom. The van der Waals surface area contributed by atoms with Crippen molar-refractivity contribution < 1.29 is 4.52 Å². The highest BCUT2D eigenvalue weighted by Gasteiger charge is 2.14. The summed E-state index contributed by atoms with van der Waals surface area (Å²) in [7, 11) is 0. The van der Waals surface area contributed by atoms with E-state index < -0.39 is 0 Å². The van der Waals surface area contributed by atoms with Gasteiger partial charge in [-0.15, -0.1) is 0 Å². The molecule has 0 saturated heterocycles. The Bertz CT molecular complexity index is 568. The van der Waals surface area contributed by atoms with Gasteiger partial charge in [0.1, 0.15) is 5.76 Å². The first-order chi connectivity index (χ1) is 7.65. The Hall–Kier alpha value is -1.65. The van der Waals surface area contributed by atoms with Crippen molar-refractivity contribution in [3.8, 4) is 0 Å². The number of hydrogen-bond donors (Lipinski definition) is 0. The zero-order valence-electron chi connectivity index (χ0n) is 9.78. The zero-order valence-corrected chi connectivity index (χ0v) is 9.78. The molecule has 86 valence electrons. The minimum absolute atomic E-state index is 0.161. The average Bonchev–Trinajstić information content (AvgIpc) is 2.64. The molecule has 0 atom stereocenters. The number of fused-ring (bicyclic) bond motifs is 1. The third-order valence-corrected chi connectivity index (χ3v) is 2.66. The average molecular weight is 221 g/mol. The third-order valence-electron chi connectivity index (χ3n) is 2.66. The summed E-state index contributed by atoms with van der Waals surface area (Å²) in [5.41, 5.74) is 1.02. The van der Waals surface area contributed by atoms with Gasteiger partial charge in [0.15, 0.2) is 5.52 Å². The van der Waals surface area contributed by atoms with E-state index in [1.165, 1.54) is 4.68 Å². The van der Waals surface area contributed by atoms with Crippen LogP contribution in [0.1, 0.15) is 31.2 Å². The lowest BCUT2D eigenvalue weighted by atomic mass is 10.2. The number of unbranched alkanes of at least 4 members (excludes halogenated alkanes) is 1. The third kappa shape index (κ3) is 1.62. The molecule has 0 aliphatic rings. The van der Waals surface area contributed by atoms with E-state index >= 15 is 0 Å². The number of aromatic nitrogens is 3. The molecule has 0 aromatic carbocycles. The van der Waals surface area contributed by atoms with E-state index in [4.69, 9.17) is 4.52 Å². The molecule has 0 bridgehead atoms. The Balaban J connectivity index is 2.62. The summed E-state index contributed by atoms with van der Waals surface area (Å²) in [6.07, 6.45) is 1.97. The lowest BCUT2D eigenvalue weighted by Crippen LogP contribution is -2.24. The minimum atomic E-state index is -0.161. The van der Waals surface area contributed by atoms with Gasteiger partial charge in [-0.25, -0.2) is 4.68 Å². The van der Waals surface area contributed by atoms with Crippen molar-refractivity contribution in [1.29, 1.82) is 0 Å². The van der Waals surface area contributed by atoms with Gasteiger partial charge in [-0.3, -0.25) is 4.79 Å². The topological polar surface area (TPSA) is 60.9 Å². The molecule has 5 heteroatoms. The zero-order chi connectivity index (χ0) is 11.7. The number of nitrogens with zero attached hydrogens (tertiary/aromatic N) is 3. The molecule has 0 aliphatic carbocycles. The maximum absolute atomic E-state index is 12.0. The molecule has 0 amide bonds. The largest absolute Gasteiger partial charge is 0.360 e. The van der Waals surface area contributed by atoms with Crippen LogP contribution in [0.2, 0.25) is 0 Å². The highest BCUT2D eigenvalue weighted by Crippen LogP contribution is 2.16. The van der Waals surface area contributed by atoms with Gasteiger partial charge in [0.25, 0.3) is 5.56 Å². The summed E-state index contributed by atoms with van der Waals surface area (Å²) >= 11 is 0. The molecular formula is C11H15N3O2. The Morgan fingerprint density at radius 3 is 2.81 bits per heavy atom. The second-order valence-corrected chi connectivity index (χ2v) is 3.93. The van der Waals surface area contributed by atoms with Gasteiger partial charge in [0, 0.05) is 6.54 Å². The highest BCUT2D eigenvalue weighted by atomic mass is 16.5. The van der Waals surface area contributed by atoms with Gasteiger partial charge < -0.3 is 4.52 Å². The van der Waals surface area contributed by atoms with Crippen LogP contribution in [0.15, 0.2) is 9.32 Å². The van der Waals surface area contributed by atoms with Crippen LogP contribution >= 0.6 is 0 Å². The molecular weight excluding hydrogens is 206 g/mol. The molecule has 0 spiro atoms. The molecule has 2 aromatic rings. The Labute approximate surface area is 93.0 Å². The van der Waals surface area contributed by atoms with Crippen LogP contribution in [0.25, 0.3) is 10.9 Å². The van der Waals surface area contributed by atoms with Crippen molar-refractivity contribution in [2.24, 2.45) is 0 Å². The fourth-order valence-electron chi connectivity index (χ4n) is 1.80. The molecule has 2 aromatic heterocycles. The minimum Gasteiger partial charge on any atom is -0.360 e. The molecule has 0 radical (unpaired) electrons. The van der Waals surface area contributed by atoms with Crippen molar-refractivity contribution >= 4 is 10.9 Å². The molecule has 0 N–H and O–H groups in total. The summed E-state index contributed by atoms with van der Waals surface area (Å²) in [5.74, 6) is 0.653. The van der Waals surface area contributed by atoms with Crippen LogP contribution < -0.4 is 5.56 Å². The summed E-state index contributed by atoms with van der Waals surface area (Å²) in [6, 6.07) is 0. The second-order valence-electron chi connectivity index (χ2n) is 3.93. The summed E-state index contributed by atoms with van der Waals surface area (Å²) in [6.45, 7) is 6.38. The number of hydrogen-bond acceptors (Lipinski definition) is 4. The highest BCUT2D eigenvalue weighted by molar-refractivity contribution is 5.81. The first-order valence-corrected chi connectivity index (χ1v) is 5.48. The van der Waals surface area contributed by atoms with E-state index in [9.17, 15) is 4.79 Å². The molecule has 0 fully saturated rings. The Kier molecular flexibility index (Phi) is 2.77. The molecule has 16 heavy (non-hydrogen) atoms. The van der Waals surface area contributed by atoms with Crippen LogP contribution in [-0.4, -0.2) is 14.9 Å². The van der Waals surface area contributed by atoms with E-state index in [-0.39, 0.29) is 5.56 Å². The lowest BCUT2D eigenvalue weighted by Gasteiger charge is -2.04. The van der Waals surface area contributed by atoms with Crippen molar-refractivity contribution in [2.75, 3.05) is 0 Å². The van der Waals surface area contributed by atoms with Crippen LogP contribution in [-0.2, 0) is 6.54 Å². The van der Waals surface area contributed by atoms with E-state index in [2.05, 4.69) is 17.2 Å². The van der Waals surface area contributed by atoms with Crippen LogP contribution in [0.5, 0.6) is 0 Å². The fraction of sp³-hybridized carbons (Fsp3) is 0.545. The molecule has 0 aliphatic heterocycles. The van der Waals surface area contributed by atoms with Crippen molar-refractivity contribution in [3.05, 3.63) is 21.8 Å². The van der Waals surface area contributed by atoms with E-state index in [0.29, 0.717) is 17.8 Å². The van der Waals surface area contributed by atoms with Crippen molar-refractivity contribution in [2.45, 2.75) is 40.2 Å². The molecule has 0 saturated carbocycles. The normalized spacial score (nSPS) is 11.2. The first kappa shape index (κ1) is 10.9. The lowest BCUT2D eigenvalue weighted by molar-refractivity contribution is 0.404. The second kappa shape index (κ2) is 4.08. The Morgan fingerprint density at radius 2 is 2.12 bits per heavy atom. The summed E-state index contributed by atoms with van der Waals surface area (Å²) in [5, 5.41) is 8.82.